The summed E-state index contributed by atoms with van der Waals surface area (Å²) in [6.45, 7) is 22.5. The minimum Gasteiger partial charge on any atom is -0.378 e. The summed E-state index contributed by atoms with van der Waals surface area (Å²) in [6.07, 6.45) is 1.70. The van der Waals surface area contributed by atoms with Gasteiger partial charge in [0.2, 0.25) is 11.4 Å². The van der Waals surface area contributed by atoms with Gasteiger partial charge in [0.25, 0.3) is 0 Å². The van der Waals surface area contributed by atoms with E-state index in [-0.39, 0.29) is 5.78 Å². The number of hydrogen-bond acceptors (Lipinski definition) is 8. The number of carbonyl (C=O) groups excluding carboxylic acids is 1. The van der Waals surface area contributed by atoms with Crippen molar-refractivity contribution in [1.82, 2.24) is 10.2 Å². The Bertz CT molecular complexity index is 2110. The van der Waals surface area contributed by atoms with Crippen molar-refractivity contribution in [2.45, 2.75) is 6.92 Å². The third-order valence-corrected chi connectivity index (χ3v) is 11.7. The van der Waals surface area contributed by atoms with Gasteiger partial charge in [0, 0.05) is 63.6 Å². The second kappa shape index (κ2) is 16.2. The largest absolute Gasteiger partial charge is 0.378 e. The van der Waals surface area contributed by atoms with Crippen LogP contribution >= 0.6 is 69.1 Å². The number of anilines is 2. The monoisotopic (exact) mass is 784 g/mol. The van der Waals surface area contributed by atoms with E-state index in [2.05, 4.69) is 29.7 Å². The molecule has 2 aliphatic heterocycles. The van der Waals surface area contributed by atoms with E-state index < -0.39 is 0 Å². The number of benzene rings is 2. The first-order valence-electron chi connectivity index (χ1n) is 15.4. The molecule has 15 heteroatoms. The quantitative estimate of drug-likeness (QED) is 0.136. The molecular formula is C35H28Cl4N6O3S2. The number of carbonyl (C=O) groups is 1. The number of rotatable bonds is 6. The number of nitrogens with zero attached hydrogens (tertiary/aromatic N) is 5. The number of ether oxygens (including phenoxy) is 2. The Morgan fingerprint density at radius 3 is 1.74 bits per heavy atom. The normalized spacial score (nSPS) is 14.5. The number of morpholine rings is 2. The Kier molecular flexibility index (Phi) is 11.7. The Balaban J connectivity index is 0.000000174. The maximum atomic E-state index is 12.2. The molecule has 0 saturated carbocycles. The fourth-order valence-electron chi connectivity index (χ4n) is 5.69. The molecule has 1 N–H and O–H groups in total. The standard InChI is InChI=1S/C18H14Cl2N4OS.C17H14Cl2N2O2S/c1-21-16-15(12-3-2-11(19)10-13(12)20)17(14-4-5-22-23-14)26-18(16)24-6-8-25-9-7-24;1-10(22)16-14(12-4-3-11(18)9-13(12)19)15(20-2)17(24-16)21-5-7-23-8-6-21/h2-5,10H,6-9H2,(H,22,23);3-4,9H,5-8H2,1H3. The molecule has 0 radical (unpaired) electrons. The number of nitrogens with one attached hydrogen (secondary N) is 1. The van der Waals surface area contributed by atoms with Gasteiger partial charge in [-0.05, 0) is 48.4 Å². The molecule has 0 bridgehead atoms. The van der Waals surface area contributed by atoms with Crippen molar-refractivity contribution in [3.8, 4) is 32.8 Å². The molecule has 0 atom stereocenters. The SMILES string of the molecule is [C-]#[N+]c1c(N2CCOCC2)sc(-c2ccn[nH]2)c1-c1ccc(Cl)cc1Cl.[C-]#[N+]c1c(N2CCOCC2)sc(C(C)=O)c1-c1ccc(Cl)cc1Cl. The highest BCUT2D eigenvalue weighted by Crippen LogP contribution is 2.54. The van der Waals surface area contributed by atoms with E-state index in [0.29, 0.717) is 87.0 Å². The Morgan fingerprint density at radius 1 is 0.780 bits per heavy atom. The molecule has 0 spiro atoms. The molecule has 7 rings (SSSR count). The predicted octanol–water partition coefficient (Wildman–Crippen LogP) is 10.8. The van der Waals surface area contributed by atoms with Crippen LogP contribution in [-0.4, -0.2) is 68.6 Å². The van der Waals surface area contributed by atoms with Crippen molar-refractivity contribution in [3.05, 3.63) is 96.5 Å². The lowest BCUT2D eigenvalue weighted by atomic mass is 10.0. The van der Waals surface area contributed by atoms with Gasteiger partial charge in [-0.3, -0.25) is 9.89 Å². The third-order valence-electron chi connectivity index (χ3n) is 8.02. The highest BCUT2D eigenvalue weighted by molar-refractivity contribution is 7.21. The lowest BCUT2D eigenvalue weighted by Crippen LogP contribution is -2.35. The fourth-order valence-corrected chi connectivity index (χ4v) is 9.18. The highest BCUT2D eigenvalue weighted by atomic mass is 35.5. The highest BCUT2D eigenvalue weighted by Gasteiger charge is 2.29. The molecule has 0 unspecified atom stereocenters. The van der Waals surface area contributed by atoms with E-state index in [1.54, 1.807) is 47.9 Å². The predicted molar refractivity (Wildman–Crippen MR) is 206 cm³/mol. The van der Waals surface area contributed by atoms with Gasteiger partial charge in [0.15, 0.2) is 5.78 Å². The summed E-state index contributed by atoms with van der Waals surface area (Å²) < 4.78 is 10.8. The number of hydrogen-bond donors (Lipinski definition) is 1. The van der Waals surface area contributed by atoms with Crippen LogP contribution in [0.5, 0.6) is 0 Å². The Labute approximate surface area is 317 Å². The van der Waals surface area contributed by atoms with Crippen LogP contribution in [0.4, 0.5) is 21.4 Å². The van der Waals surface area contributed by atoms with Gasteiger partial charge in [-0.1, -0.05) is 58.5 Å². The molecule has 2 aliphatic rings. The van der Waals surface area contributed by atoms with Crippen molar-refractivity contribution in [2.24, 2.45) is 0 Å². The van der Waals surface area contributed by atoms with E-state index in [1.165, 1.54) is 18.3 Å². The Morgan fingerprint density at radius 2 is 1.28 bits per heavy atom. The summed E-state index contributed by atoms with van der Waals surface area (Å²) in [5.41, 5.74) is 4.81. The molecule has 2 aromatic carbocycles. The number of H-pyrrole nitrogens is 1. The molecular weight excluding hydrogens is 758 g/mol. The molecule has 5 aromatic rings. The van der Waals surface area contributed by atoms with Gasteiger partial charge >= 0.3 is 0 Å². The summed E-state index contributed by atoms with van der Waals surface area (Å²) in [5, 5.41) is 10.8. The molecule has 9 nitrogen and oxygen atoms in total. The first-order chi connectivity index (χ1) is 24.2. The molecule has 5 heterocycles. The van der Waals surface area contributed by atoms with Crippen LogP contribution in [0.2, 0.25) is 20.1 Å². The molecule has 2 saturated heterocycles. The van der Waals surface area contributed by atoms with Crippen molar-refractivity contribution in [1.29, 1.82) is 0 Å². The third kappa shape index (κ3) is 7.52. The Hall–Kier alpha value is -3.62. The van der Waals surface area contributed by atoms with Crippen molar-refractivity contribution in [2.75, 3.05) is 62.4 Å². The number of aromatic amines is 1. The fraction of sp³-hybridized carbons (Fsp3) is 0.257. The van der Waals surface area contributed by atoms with Crippen LogP contribution in [0.15, 0.2) is 48.7 Å². The summed E-state index contributed by atoms with van der Waals surface area (Å²) in [6, 6.07) is 12.4. The summed E-state index contributed by atoms with van der Waals surface area (Å²) in [4.78, 5) is 25.6. The molecule has 0 amide bonds. The topological polar surface area (TPSA) is 79.4 Å². The van der Waals surface area contributed by atoms with Gasteiger partial charge < -0.3 is 19.3 Å². The van der Waals surface area contributed by atoms with Crippen LogP contribution in [0.1, 0.15) is 16.6 Å². The van der Waals surface area contributed by atoms with Gasteiger partial charge in [0.1, 0.15) is 0 Å². The van der Waals surface area contributed by atoms with E-state index in [1.807, 2.05) is 12.1 Å². The maximum absolute atomic E-state index is 12.2. The van der Waals surface area contributed by atoms with Gasteiger partial charge in [-0.25, -0.2) is 9.69 Å². The molecule has 2 fully saturated rings. The average molecular weight is 787 g/mol. The molecule has 256 valence electrons. The van der Waals surface area contributed by atoms with Gasteiger partial charge in [-0.15, -0.1) is 22.7 Å². The minimum absolute atomic E-state index is 0.0783. The average Bonchev–Trinajstić information content (AvgIpc) is 3.87. The summed E-state index contributed by atoms with van der Waals surface area (Å²) in [7, 11) is 0. The lowest BCUT2D eigenvalue weighted by Gasteiger charge is -2.28. The van der Waals surface area contributed by atoms with Crippen molar-refractivity contribution < 1.29 is 14.3 Å². The zero-order chi connectivity index (χ0) is 35.4. The van der Waals surface area contributed by atoms with Crippen LogP contribution in [-0.2, 0) is 9.47 Å². The summed E-state index contributed by atoms with van der Waals surface area (Å²) in [5.74, 6) is -0.0783. The van der Waals surface area contributed by atoms with Gasteiger partial charge in [0.05, 0.1) is 65.0 Å². The zero-order valence-electron chi connectivity index (χ0n) is 26.6. The second-order valence-electron chi connectivity index (χ2n) is 11.1. The van der Waals surface area contributed by atoms with Gasteiger partial charge in [-0.2, -0.15) is 5.10 Å². The van der Waals surface area contributed by atoms with Crippen LogP contribution < -0.4 is 9.80 Å². The number of Topliss-reactive ketones (excluding diaryl/α,β-unsaturated/α-hetero) is 1. The first kappa shape index (κ1) is 36.2. The zero-order valence-corrected chi connectivity index (χ0v) is 31.2. The molecule has 3 aromatic heterocycles. The van der Waals surface area contributed by atoms with Crippen molar-refractivity contribution in [3.63, 3.8) is 0 Å². The minimum atomic E-state index is -0.0783. The van der Waals surface area contributed by atoms with E-state index in [0.717, 1.165) is 44.8 Å². The van der Waals surface area contributed by atoms with Crippen LogP contribution in [0.3, 0.4) is 0 Å². The first-order valence-corrected chi connectivity index (χ1v) is 18.5. The number of aromatic nitrogens is 2. The number of halogens is 4. The summed E-state index contributed by atoms with van der Waals surface area (Å²) >= 11 is 27.8. The van der Waals surface area contributed by atoms with E-state index in [4.69, 9.17) is 69.0 Å². The maximum Gasteiger partial charge on any atom is 0.229 e. The van der Waals surface area contributed by atoms with Crippen LogP contribution in [0, 0.1) is 13.1 Å². The molecule has 50 heavy (non-hydrogen) atoms. The van der Waals surface area contributed by atoms with E-state index in [9.17, 15) is 4.79 Å². The van der Waals surface area contributed by atoms with E-state index >= 15 is 0 Å². The second-order valence-corrected chi connectivity index (χ2v) is 14.8. The smallest absolute Gasteiger partial charge is 0.229 e. The lowest BCUT2D eigenvalue weighted by molar-refractivity contribution is 0.102. The molecule has 0 aliphatic carbocycles. The van der Waals surface area contributed by atoms with Crippen molar-refractivity contribution >= 4 is 96.2 Å². The number of thiophene rings is 2. The number of ketones is 1. The van der Waals surface area contributed by atoms with Crippen LogP contribution in [0.25, 0.3) is 42.5 Å².